The van der Waals surface area contributed by atoms with Crippen molar-refractivity contribution in [3.05, 3.63) is 53.0 Å². The molecule has 9 heteroatoms. The van der Waals surface area contributed by atoms with Gasteiger partial charge in [0.1, 0.15) is 29.4 Å². The summed E-state index contributed by atoms with van der Waals surface area (Å²) in [7, 11) is 1.33. The Morgan fingerprint density at radius 2 is 1.90 bits per heavy atom. The molecule has 0 aliphatic rings. The maximum atomic E-state index is 11.7. The number of rotatable bonds is 9. The molecule has 1 unspecified atom stereocenters. The Morgan fingerprint density at radius 3 is 2.48 bits per heavy atom. The number of guanidine groups is 1. The van der Waals surface area contributed by atoms with Crippen molar-refractivity contribution in [3.63, 3.8) is 0 Å². The quantitative estimate of drug-likeness (QED) is 0.192. The van der Waals surface area contributed by atoms with Crippen LogP contribution in [0.25, 0.3) is 0 Å². The number of methoxy groups -OCH3 is 1. The van der Waals surface area contributed by atoms with Crippen LogP contribution in [-0.2, 0) is 11.3 Å². The lowest BCUT2D eigenvalue weighted by Gasteiger charge is -2.16. The molecule has 0 amide bonds. The van der Waals surface area contributed by atoms with Gasteiger partial charge >= 0.3 is 5.97 Å². The highest BCUT2D eigenvalue weighted by Crippen LogP contribution is 2.19. The van der Waals surface area contributed by atoms with Crippen molar-refractivity contribution < 1.29 is 23.8 Å². The molecule has 172 valence electrons. The lowest BCUT2D eigenvalue weighted by atomic mass is 10.1. The Labute approximate surface area is 200 Å². The van der Waals surface area contributed by atoms with Gasteiger partial charge in [-0.1, -0.05) is 12.1 Å². The van der Waals surface area contributed by atoms with E-state index in [0.29, 0.717) is 29.6 Å². The smallest absolute Gasteiger partial charge is 0.341 e. The summed E-state index contributed by atoms with van der Waals surface area (Å²) in [5, 5.41) is 16.7. The average molecular weight is 545 g/mol. The van der Waals surface area contributed by atoms with E-state index in [-0.39, 0.29) is 43.2 Å². The van der Waals surface area contributed by atoms with Gasteiger partial charge in [0, 0.05) is 13.1 Å². The number of aliphatic imine (C=N–C) groups is 1. The zero-order valence-electron chi connectivity index (χ0n) is 18.6. The number of ether oxygens (including phenoxy) is 2. The molecule has 0 bridgehead atoms. The monoisotopic (exact) mass is 545 g/mol. The molecule has 2 rings (SSSR count). The van der Waals surface area contributed by atoms with E-state index in [9.17, 15) is 9.90 Å². The van der Waals surface area contributed by atoms with Crippen LogP contribution in [0.4, 0.5) is 0 Å². The minimum atomic E-state index is -0.709. The number of aliphatic hydroxyl groups is 1. The van der Waals surface area contributed by atoms with Crippen LogP contribution in [0.3, 0.4) is 0 Å². The highest BCUT2D eigenvalue weighted by Gasteiger charge is 2.15. The van der Waals surface area contributed by atoms with Gasteiger partial charge in [-0.3, -0.25) is 0 Å². The van der Waals surface area contributed by atoms with Gasteiger partial charge in [-0.05, 0) is 51.5 Å². The second kappa shape index (κ2) is 13.2. The van der Waals surface area contributed by atoms with Gasteiger partial charge in [0.05, 0.1) is 19.3 Å². The minimum absolute atomic E-state index is 0. The van der Waals surface area contributed by atoms with Crippen LogP contribution < -0.4 is 15.4 Å². The maximum Gasteiger partial charge on any atom is 0.341 e. The molecular weight excluding hydrogens is 513 g/mol. The van der Waals surface area contributed by atoms with Crippen molar-refractivity contribution in [2.45, 2.75) is 46.4 Å². The normalized spacial score (nSPS) is 12.2. The van der Waals surface area contributed by atoms with E-state index >= 15 is 0 Å². The van der Waals surface area contributed by atoms with E-state index in [1.807, 2.05) is 45.0 Å². The molecule has 2 aromatic rings. The van der Waals surface area contributed by atoms with Crippen LogP contribution in [-0.4, -0.2) is 43.3 Å². The molecule has 0 radical (unpaired) electrons. The third-order valence-electron chi connectivity index (χ3n) is 4.21. The van der Waals surface area contributed by atoms with E-state index in [1.54, 1.807) is 13.0 Å². The van der Waals surface area contributed by atoms with Crippen LogP contribution in [0.5, 0.6) is 5.75 Å². The predicted molar refractivity (Wildman–Crippen MR) is 130 cm³/mol. The molecule has 1 atom stereocenters. The fourth-order valence-electron chi connectivity index (χ4n) is 2.78. The molecule has 0 aliphatic heterocycles. The number of aliphatic hydroxyl groups excluding tert-OH is 1. The summed E-state index contributed by atoms with van der Waals surface area (Å²) in [4.78, 5) is 16.1. The number of benzene rings is 1. The van der Waals surface area contributed by atoms with Crippen LogP contribution in [0.15, 0.2) is 39.7 Å². The lowest BCUT2D eigenvalue weighted by molar-refractivity contribution is 0.0598. The van der Waals surface area contributed by atoms with E-state index < -0.39 is 12.1 Å². The zero-order chi connectivity index (χ0) is 22.1. The maximum absolute atomic E-state index is 11.7. The Bertz CT molecular complexity index is 849. The van der Waals surface area contributed by atoms with Gasteiger partial charge in [-0.25, -0.2) is 9.79 Å². The van der Waals surface area contributed by atoms with Crippen molar-refractivity contribution in [2.75, 3.05) is 20.2 Å². The topological polar surface area (TPSA) is 105 Å². The SMILES string of the molecule is CCNC(=NCc1cc(C(=O)OC)c(C)o1)NCC(O)c1ccc(OC(C)C)cc1.I. The number of halogens is 1. The first kappa shape index (κ1) is 26.8. The van der Waals surface area contributed by atoms with Crippen LogP contribution in [0, 0.1) is 6.92 Å². The van der Waals surface area contributed by atoms with Gasteiger partial charge in [0.25, 0.3) is 0 Å². The number of nitrogens with one attached hydrogen (secondary N) is 2. The number of hydrogen-bond acceptors (Lipinski definition) is 6. The molecule has 1 aromatic heterocycles. The molecule has 8 nitrogen and oxygen atoms in total. The molecule has 31 heavy (non-hydrogen) atoms. The van der Waals surface area contributed by atoms with Crippen LogP contribution in [0.1, 0.15) is 54.3 Å². The van der Waals surface area contributed by atoms with Crippen molar-refractivity contribution in [1.29, 1.82) is 0 Å². The number of furan rings is 1. The van der Waals surface area contributed by atoms with Gasteiger partial charge in [-0.2, -0.15) is 0 Å². The fourth-order valence-corrected chi connectivity index (χ4v) is 2.78. The molecule has 0 fully saturated rings. The van der Waals surface area contributed by atoms with Gasteiger partial charge in [0.2, 0.25) is 0 Å². The van der Waals surface area contributed by atoms with Gasteiger partial charge in [0.15, 0.2) is 5.96 Å². The van der Waals surface area contributed by atoms with E-state index in [2.05, 4.69) is 15.6 Å². The number of hydrogen-bond donors (Lipinski definition) is 3. The minimum Gasteiger partial charge on any atom is -0.491 e. The summed E-state index contributed by atoms with van der Waals surface area (Å²) in [5.74, 6) is 1.90. The number of aryl methyl sites for hydroxylation is 1. The molecule has 3 N–H and O–H groups in total. The Hall–Kier alpha value is -2.27. The molecule has 0 saturated carbocycles. The average Bonchev–Trinajstić information content (AvgIpc) is 3.10. The van der Waals surface area contributed by atoms with Crippen molar-refractivity contribution >= 4 is 35.9 Å². The highest BCUT2D eigenvalue weighted by molar-refractivity contribution is 14.0. The molecule has 0 saturated heterocycles. The van der Waals surface area contributed by atoms with Crippen molar-refractivity contribution in [3.8, 4) is 5.75 Å². The third-order valence-corrected chi connectivity index (χ3v) is 4.21. The van der Waals surface area contributed by atoms with Crippen molar-refractivity contribution in [1.82, 2.24) is 10.6 Å². The third kappa shape index (κ3) is 8.41. The van der Waals surface area contributed by atoms with Gasteiger partial charge < -0.3 is 29.6 Å². The Morgan fingerprint density at radius 1 is 1.23 bits per heavy atom. The molecule has 0 spiro atoms. The first-order chi connectivity index (χ1) is 14.3. The standard InChI is InChI=1S/C22H31N3O5.HI/c1-6-23-22(24-12-18-11-19(15(4)30-18)21(27)28-5)25-13-20(26)16-7-9-17(10-8-16)29-14(2)3;/h7-11,14,20,26H,6,12-13H2,1-5H3,(H2,23,24,25);1H. The second-order valence-electron chi connectivity index (χ2n) is 7.00. The summed E-state index contributed by atoms with van der Waals surface area (Å²) in [6.45, 7) is 8.77. The fraction of sp³-hybridized carbons (Fsp3) is 0.455. The molecule has 1 heterocycles. The lowest BCUT2D eigenvalue weighted by Crippen LogP contribution is -2.39. The first-order valence-corrected chi connectivity index (χ1v) is 9.98. The molecular formula is C22H32IN3O5. The first-order valence-electron chi connectivity index (χ1n) is 9.98. The zero-order valence-corrected chi connectivity index (χ0v) is 20.9. The Kier molecular flexibility index (Phi) is 11.4. The Balaban J connectivity index is 0.00000480. The van der Waals surface area contributed by atoms with Crippen molar-refractivity contribution in [2.24, 2.45) is 4.99 Å². The second-order valence-corrected chi connectivity index (χ2v) is 7.00. The summed E-state index contributed by atoms with van der Waals surface area (Å²) in [6, 6.07) is 9.00. The van der Waals surface area contributed by atoms with E-state index in [1.165, 1.54) is 7.11 Å². The summed E-state index contributed by atoms with van der Waals surface area (Å²) >= 11 is 0. The number of nitrogens with zero attached hydrogens (tertiary/aromatic N) is 1. The number of carbonyl (C=O) groups excluding carboxylic acids is 1. The highest BCUT2D eigenvalue weighted by atomic mass is 127. The molecule has 0 aliphatic carbocycles. The van der Waals surface area contributed by atoms with E-state index in [4.69, 9.17) is 13.9 Å². The van der Waals surface area contributed by atoms with Crippen LogP contribution >= 0.6 is 24.0 Å². The van der Waals surface area contributed by atoms with Crippen LogP contribution in [0.2, 0.25) is 0 Å². The molecule has 1 aromatic carbocycles. The number of esters is 1. The predicted octanol–water partition coefficient (Wildman–Crippen LogP) is 3.57. The van der Waals surface area contributed by atoms with E-state index in [0.717, 1.165) is 11.3 Å². The summed E-state index contributed by atoms with van der Waals surface area (Å²) < 4.78 is 15.9. The largest absolute Gasteiger partial charge is 0.491 e. The number of carbonyl (C=O) groups is 1. The summed E-state index contributed by atoms with van der Waals surface area (Å²) in [5.41, 5.74) is 1.17. The van der Waals surface area contributed by atoms with Gasteiger partial charge in [-0.15, -0.1) is 24.0 Å². The summed E-state index contributed by atoms with van der Waals surface area (Å²) in [6.07, 6.45) is -0.610.